The SMILES string of the molecule is Cc1cc(NC(=O)c2sc(N3CCCC3)nc2Cl)cc(C(F)(F)F)c1. The van der Waals surface area contributed by atoms with Crippen molar-refractivity contribution < 1.29 is 18.0 Å². The van der Waals surface area contributed by atoms with Crippen molar-refractivity contribution in [3.8, 4) is 0 Å². The van der Waals surface area contributed by atoms with Crippen LogP contribution in [-0.4, -0.2) is 24.0 Å². The molecule has 3 rings (SSSR count). The van der Waals surface area contributed by atoms with Crippen LogP contribution >= 0.6 is 22.9 Å². The summed E-state index contributed by atoms with van der Waals surface area (Å²) in [4.78, 5) is 18.8. The van der Waals surface area contributed by atoms with E-state index in [4.69, 9.17) is 11.6 Å². The Hall–Kier alpha value is -1.80. The van der Waals surface area contributed by atoms with Crippen molar-refractivity contribution in [2.45, 2.75) is 25.9 Å². The van der Waals surface area contributed by atoms with Crippen molar-refractivity contribution in [1.82, 2.24) is 4.98 Å². The van der Waals surface area contributed by atoms with E-state index >= 15 is 0 Å². The molecule has 1 saturated heterocycles. The number of rotatable bonds is 3. The third-order valence-corrected chi connectivity index (χ3v) is 5.32. The van der Waals surface area contributed by atoms with Gasteiger partial charge in [0.15, 0.2) is 10.3 Å². The summed E-state index contributed by atoms with van der Waals surface area (Å²) in [6, 6.07) is 3.41. The molecule has 25 heavy (non-hydrogen) atoms. The zero-order chi connectivity index (χ0) is 18.2. The monoisotopic (exact) mass is 389 g/mol. The molecule has 1 aliphatic rings. The lowest BCUT2D eigenvalue weighted by Gasteiger charge is -2.12. The van der Waals surface area contributed by atoms with Crippen molar-refractivity contribution in [3.63, 3.8) is 0 Å². The van der Waals surface area contributed by atoms with E-state index in [-0.39, 0.29) is 15.7 Å². The van der Waals surface area contributed by atoms with E-state index in [0.29, 0.717) is 10.7 Å². The Morgan fingerprint density at radius 3 is 2.60 bits per heavy atom. The third kappa shape index (κ3) is 4.07. The summed E-state index contributed by atoms with van der Waals surface area (Å²) in [6.45, 7) is 3.26. The van der Waals surface area contributed by atoms with Gasteiger partial charge in [0.05, 0.1) is 5.56 Å². The van der Waals surface area contributed by atoms with Gasteiger partial charge in [-0.25, -0.2) is 4.98 Å². The summed E-state index contributed by atoms with van der Waals surface area (Å²) >= 11 is 7.20. The van der Waals surface area contributed by atoms with Gasteiger partial charge in [-0.05, 0) is 43.5 Å². The third-order valence-electron chi connectivity index (χ3n) is 3.82. The van der Waals surface area contributed by atoms with Crippen LogP contribution < -0.4 is 10.2 Å². The fourth-order valence-corrected chi connectivity index (χ4v) is 3.92. The number of carbonyl (C=O) groups is 1. The second kappa shape index (κ2) is 6.84. The van der Waals surface area contributed by atoms with Crippen LogP contribution in [0.25, 0.3) is 0 Å². The van der Waals surface area contributed by atoms with Crippen molar-refractivity contribution in [1.29, 1.82) is 0 Å². The van der Waals surface area contributed by atoms with Crippen molar-refractivity contribution in [2.75, 3.05) is 23.3 Å². The Bertz CT molecular complexity index is 800. The first-order chi connectivity index (χ1) is 11.7. The molecule has 1 aliphatic heterocycles. The number of thiazole rings is 1. The average Bonchev–Trinajstić information content (AvgIpc) is 3.14. The molecule has 1 amide bonds. The Morgan fingerprint density at radius 1 is 1.28 bits per heavy atom. The van der Waals surface area contributed by atoms with Gasteiger partial charge in [0.2, 0.25) is 0 Å². The quantitative estimate of drug-likeness (QED) is 0.805. The number of aromatic nitrogens is 1. The van der Waals surface area contributed by atoms with Crippen LogP contribution in [0.15, 0.2) is 18.2 Å². The minimum atomic E-state index is -4.48. The largest absolute Gasteiger partial charge is 0.416 e. The maximum Gasteiger partial charge on any atom is 0.416 e. The standard InChI is InChI=1S/C16H15ClF3N3OS/c1-9-6-10(16(18,19)20)8-11(7-9)21-14(24)12-13(17)22-15(25-12)23-4-2-3-5-23/h6-8H,2-5H2,1H3,(H,21,24). The molecule has 0 bridgehead atoms. The zero-order valence-electron chi connectivity index (χ0n) is 13.3. The first kappa shape index (κ1) is 18.0. The van der Waals surface area contributed by atoms with Gasteiger partial charge in [-0.15, -0.1) is 0 Å². The van der Waals surface area contributed by atoms with Crippen molar-refractivity contribution in [3.05, 3.63) is 39.4 Å². The Balaban J connectivity index is 1.82. The molecule has 2 aromatic rings. The van der Waals surface area contributed by atoms with Crippen LogP contribution in [0, 0.1) is 6.92 Å². The number of amides is 1. The lowest BCUT2D eigenvalue weighted by atomic mass is 10.1. The Morgan fingerprint density at radius 2 is 1.96 bits per heavy atom. The fourth-order valence-electron chi connectivity index (χ4n) is 2.68. The summed E-state index contributed by atoms with van der Waals surface area (Å²) in [6.07, 6.45) is -2.36. The van der Waals surface area contributed by atoms with E-state index in [2.05, 4.69) is 10.3 Å². The first-order valence-corrected chi connectivity index (χ1v) is 8.85. The van der Waals surface area contributed by atoms with Crippen LogP contribution in [-0.2, 0) is 6.18 Å². The minimum absolute atomic E-state index is 0.0631. The number of aryl methyl sites for hydroxylation is 1. The van der Waals surface area contributed by atoms with Gasteiger partial charge in [-0.1, -0.05) is 22.9 Å². The number of hydrogen-bond donors (Lipinski definition) is 1. The molecule has 0 aliphatic carbocycles. The van der Waals surface area contributed by atoms with E-state index in [9.17, 15) is 18.0 Å². The number of nitrogens with zero attached hydrogens (tertiary/aromatic N) is 2. The van der Waals surface area contributed by atoms with E-state index < -0.39 is 17.6 Å². The summed E-state index contributed by atoms with van der Waals surface area (Å²) in [5.41, 5.74) is -0.334. The predicted octanol–water partition coefficient (Wildman–Crippen LogP) is 4.98. The highest BCUT2D eigenvalue weighted by Gasteiger charge is 2.31. The molecule has 134 valence electrons. The molecule has 1 aromatic heterocycles. The lowest BCUT2D eigenvalue weighted by Crippen LogP contribution is -2.17. The van der Waals surface area contributed by atoms with E-state index in [1.165, 1.54) is 13.0 Å². The Kier molecular flexibility index (Phi) is 4.92. The summed E-state index contributed by atoms with van der Waals surface area (Å²) < 4.78 is 38.7. The summed E-state index contributed by atoms with van der Waals surface area (Å²) in [7, 11) is 0. The molecule has 1 N–H and O–H groups in total. The normalized spacial score (nSPS) is 14.8. The van der Waals surface area contributed by atoms with E-state index in [1.54, 1.807) is 0 Å². The molecule has 9 heteroatoms. The average molecular weight is 390 g/mol. The number of alkyl halides is 3. The minimum Gasteiger partial charge on any atom is -0.348 e. The van der Waals surface area contributed by atoms with Crippen LogP contribution in [0.4, 0.5) is 24.0 Å². The highest BCUT2D eigenvalue weighted by atomic mass is 35.5. The fraction of sp³-hybridized carbons (Fsp3) is 0.375. The molecule has 0 radical (unpaired) electrons. The highest BCUT2D eigenvalue weighted by molar-refractivity contribution is 7.18. The molecule has 1 fully saturated rings. The van der Waals surface area contributed by atoms with Gasteiger partial charge in [-0.3, -0.25) is 4.79 Å². The topological polar surface area (TPSA) is 45.2 Å². The van der Waals surface area contributed by atoms with Gasteiger partial charge in [0.25, 0.3) is 5.91 Å². The number of nitrogens with one attached hydrogen (secondary N) is 1. The number of halogens is 4. The molecular weight excluding hydrogens is 375 g/mol. The van der Waals surface area contributed by atoms with Crippen LogP contribution in [0.3, 0.4) is 0 Å². The molecule has 1 aromatic carbocycles. The van der Waals surface area contributed by atoms with E-state index in [0.717, 1.165) is 49.4 Å². The molecule has 0 spiro atoms. The molecule has 0 unspecified atom stereocenters. The summed E-state index contributed by atoms with van der Waals surface area (Å²) in [5, 5.41) is 3.21. The Labute approximate surface area is 151 Å². The smallest absolute Gasteiger partial charge is 0.348 e. The zero-order valence-corrected chi connectivity index (χ0v) is 14.9. The second-order valence-electron chi connectivity index (χ2n) is 5.85. The lowest BCUT2D eigenvalue weighted by molar-refractivity contribution is -0.137. The van der Waals surface area contributed by atoms with Gasteiger partial charge in [-0.2, -0.15) is 13.2 Å². The molecular formula is C16H15ClF3N3OS. The first-order valence-electron chi connectivity index (χ1n) is 7.65. The second-order valence-corrected chi connectivity index (χ2v) is 7.19. The van der Waals surface area contributed by atoms with E-state index in [1.807, 2.05) is 4.90 Å². The van der Waals surface area contributed by atoms with Crippen molar-refractivity contribution >= 4 is 39.7 Å². The van der Waals surface area contributed by atoms with Gasteiger partial charge in [0.1, 0.15) is 4.88 Å². The molecule has 0 saturated carbocycles. The maximum absolute atomic E-state index is 12.9. The molecule has 4 nitrogen and oxygen atoms in total. The van der Waals surface area contributed by atoms with Gasteiger partial charge >= 0.3 is 6.18 Å². The molecule has 2 heterocycles. The number of anilines is 2. The van der Waals surface area contributed by atoms with Gasteiger partial charge < -0.3 is 10.2 Å². The summed E-state index contributed by atoms with van der Waals surface area (Å²) in [5.74, 6) is -0.563. The highest BCUT2D eigenvalue weighted by Crippen LogP contribution is 2.34. The van der Waals surface area contributed by atoms with Crippen LogP contribution in [0.2, 0.25) is 5.15 Å². The van der Waals surface area contributed by atoms with Crippen LogP contribution in [0.5, 0.6) is 0 Å². The van der Waals surface area contributed by atoms with Gasteiger partial charge in [0, 0.05) is 18.8 Å². The predicted molar refractivity (Wildman–Crippen MR) is 92.7 cm³/mol. The number of benzene rings is 1. The van der Waals surface area contributed by atoms with Crippen LogP contribution in [0.1, 0.15) is 33.6 Å². The number of hydrogen-bond acceptors (Lipinski definition) is 4. The maximum atomic E-state index is 12.9. The number of carbonyl (C=O) groups excluding carboxylic acids is 1. The van der Waals surface area contributed by atoms with Crippen molar-refractivity contribution in [2.24, 2.45) is 0 Å². The molecule has 0 atom stereocenters.